The zero-order valence-corrected chi connectivity index (χ0v) is 20.9. The normalized spacial score (nSPS) is 12.3. The van der Waals surface area contributed by atoms with Crippen molar-refractivity contribution in [3.63, 3.8) is 0 Å². The monoisotopic (exact) mass is 471 g/mol. The van der Waals surface area contributed by atoms with Crippen LogP contribution in [-0.2, 0) is 23.4 Å². The Hall–Kier alpha value is -3.49. The first-order valence-corrected chi connectivity index (χ1v) is 12.1. The smallest absolute Gasteiger partial charge is 0.167 e. The van der Waals surface area contributed by atoms with Crippen LogP contribution in [0.15, 0.2) is 49.1 Å². The average Bonchev–Trinajstić information content (AvgIpc) is 3.37. The van der Waals surface area contributed by atoms with Crippen molar-refractivity contribution >= 4 is 38.8 Å². The molecule has 5 aromatic rings. The van der Waals surface area contributed by atoms with Gasteiger partial charge in [0.05, 0.1) is 12.9 Å². The van der Waals surface area contributed by atoms with Gasteiger partial charge in [0.25, 0.3) is 0 Å². The third-order valence-corrected chi connectivity index (χ3v) is 6.48. The fourth-order valence-corrected chi connectivity index (χ4v) is 4.53. The second-order valence-corrected chi connectivity index (χ2v) is 10.1. The minimum Gasteiger partial charge on any atom is -0.382 e. The van der Waals surface area contributed by atoms with E-state index >= 15 is 0 Å². The molecule has 0 saturated heterocycles. The van der Waals surface area contributed by atoms with Crippen LogP contribution in [0.3, 0.4) is 0 Å². The molecule has 3 N–H and O–H groups in total. The lowest BCUT2D eigenvalue weighted by molar-refractivity contribution is 0.0811. The van der Waals surface area contributed by atoms with Crippen LogP contribution in [0.4, 0.5) is 5.82 Å². The number of anilines is 1. The summed E-state index contributed by atoms with van der Waals surface area (Å²) >= 11 is 0. The van der Waals surface area contributed by atoms with Crippen LogP contribution in [0.1, 0.15) is 31.9 Å². The van der Waals surface area contributed by atoms with Crippen molar-refractivity contribution in [3.8, 4) is 0 Å². The van der Waals surface area contributed by atoms with Crippen molar-refractivity contribution in [2.45, 2.75) is 46.4 Å². The van der Waals surface area contributed by atoms with E-state index in [1.54, 1.807) is 6.33 Å². The van der Waals surface area contributed by atoms with E-state index in [4.69, 9.17) is 10.5 Å². The summed E-state index contributed by atoms with van der Waals surface area (Å²) in [6.07, 6.45) is 3.12. The Balaban J connectivity index is 1.23. The maximum atomic E-state index is 5.85. The van der Waals surface area contributed by atoms with Crippen LogP contribution in [-0.4, -0.2) is 43.8 Å². The first-order valence-electron chi connectivity index (χ1n) is 12.1. The number of nitrogens with two attached hydrogens (primary N) is 1. The van der Waals surface area contributed by atoms with E-state index in [1.165, 1.54) is 39.3 Å². The summed E-state index contributed by atoms with van der Waals surface area (Å²) in [5.74, 6) is 0.380. The lowest BCUT2D eigenvalue weighted by atomic mass is 9.86. The van der Waals surface area contributed by atoms with Crippen molar-refractivity contribution in [3.05, 3.63) is 60.2 Å². The summed E-state index contributed by atoms with van der Waals surface area (Å²) in [6, 6.07) is 13.7. The molecule has 0 fully saturated rings. The molecule has 3 heterocycles. The van der Waals surface area contributed by atoms with E-state index < -0.39 is 0 Å². The van der Waals surface area contributed by atoms with Crippen molar-refractivity contribution in [1.29, 1.82) is 0 Å². The summed E-state index contributed by atoms with van der Waals surface area (Å²) in [6.45, 7) is 12.4. The molecule has 0 amide bonds. The molecule has 0 unspecified atom stereocenters. The van der Waals surface area contributed by atoms with Gasteiger partial charge in [0.2, 0.25) is 0 Å². The molecule has 3 aromatic heterocycles. The summed E-state index contributed by atoms with van der Waals surface area (Å²) in [5, 5.41) is 6.15. The molecule has 0 radical (unpaired) electrons. The van der Waals surface area contributed by atoms with Crippen molar-refractivity contribution < 1.29 is 4.74 Å². The lowest BCUT2D eigenvalue weighted by Crippen LogP contribution is -2.24. The van der Waals surface area contributed by atoms with Gasteiger partial charge in [-0.2, -0.15) is 0 Å². The number of nitrogen functional groups attached to an aromatic ring is 1. The molecule has 0 aliphatic carbocycles. The Bertz CT molecular complexity index is 1490. The second-order valence-electron chi connectivity index (χ2n) is 10.1. The molecule has 8 heteroatoms. The first kappa shape index (κ1) is 23.3. The van der Waals surface area contributed by atoms with Gasteiger partial charge in [-0.1, -0.05) is 45.0 Å². The number of aryl methyl sites for hydroxylation is 1. The predicted octanol–water partition coefficient (Wildman–Crippen LogP) is 4.39. The van der Waals surface area contributed by atoms with Gasteiger partial charge in [0.15, 0.2) is 11.5 Å². The summed E-state index contributed by atoms with van der Waals surface area (Å²) in [4.78, 5) is 12.5. The fraction of sp³-hybridized carbons (Fsp3) is 0.370. The predicted molar refractivity (Wildman–Crippen MR) is 141 cm³/mol. The Morgan fingerprint density at radius 1 is 0.971 bits per heavy atom. The molecular formula is C27H33N7O. The molecule has 35 heavy (non-hydrogen) atoms. The molecular weight excluding hydrogens is 438 g/mol. The molecule has 5 rings (SSSR count). The van der Waals surface area contributed by atoms with Gasteiger partial charge in [-0.15, -0.1) is 0 Å². The van der Waals surface area contributed by atoms with Gasteiger partial charge in [0, 0.05) is 41.4 Å². The minimum absolute atomic E-state index is 0.110. The summed E-state index contributed by atoms with van der Waals surface area (Å²) < 4.78 is 10.1. The second kappa shape index (κ2) is 9.28. The standard InChI is InChI=1S/C27H33N7O/c1-18-5-7-20-21-8-6-19(27(2,3)4)14-23(21)34(22(20)13-18)11-9-29-10-12-35-17-33-16-32-24-25(28)30-15-31-26(24)33/h5-8,13-16,29H,9-12,17H2,1-4H3,(H2,28,30,31). The number of ether oxygens (including phenoxy) is 1. The van der Waals surface area contributed by atoms with Crippen LogP contribution in [0.5, 0.6) is 0 Å². The van der Waals surface area contributed by atoms with Gasteiger partial charge in [-0.25, -0.2) is 15.0 Å². The van der Waals surface area contributed by atoms with E-state index in [9.17, 15) is 0 Å². The number of fused-ring (bicyclic) bond motifs is 4. The van der Waals surface area contributed by atoms with Crippen molar-refractivity contribution in [2.75, 3.05) is 25.4 Å². The molecule has 0 aliphatic heterocycles. The van der Waals surface area contributed by atoms with Crippen molar-refractivity contribution in [2.24, 2.45) is 0 Å². The molecule has 0 atom stereocenters. The maximum Gasteiger partial charge on any atom is 0.167 e. The van der Waals surface area contributed by atoms with E-state index in [-0.39, 0.29) is 5.41 Å². The highest BCUT2D eigenvalue weighted by atomic mass is 16.5. The number of rotatable bonds is 8. The van der Waals surface area contributed by atoms with Crippen LogP contribution in [0.25, 0.3) is 33.0 Å². The molecule has 0 spiro atoms. The van der Waals surface area contributed by atoms with Gasteiger partial charge >= 0.3 is 0 Å². The number of hydrogen-bond acceptors (Lipinski definition) is 6. The topological polar surface area (TPSA) is 95.8 Å². The molecule has 182 valence electrons. The lowest BCUT2D eigenvalue weighted by Gasteiger charge is -2.19. The highest BCUT2D eigenvalue weighted by molar-refractivity contribution is 6.08. The molecule has 8 nitrogen and oxygen atoms in total. The van der Waals surface area contributed by atoms with Crippen LogP contribution in [0.2, 0.25) is 0 Å². The van der Waals surface area contributed by atoms with Crippen LogP contribution in [0, 0.1) is 6.92 Å². The Morgan fingerprint density at radius 2 is 1.74 bits per heavy atom. The number of imidazole rings is 1. The summed E-state index contributed by atoms with van der Waals surface area (Å²) in [7, 11) is 0. The molecule has 0 bridgehead atoms. The number of hydrogen-bond donors (Lipinski definition) is 2. The van der Waals surface area contributed by atoms with E-state index in [2.05, 4.69) is 88.9 Å². The Labute approximate surface area is 205 Å². The van der Waals surface area contributed by atoms with Gasteiger partial charge in [0.1, 0.15) is 18.6 Å². The molecule has 2 aromatic carbocycles. The maximum absolute atomic E-state index is 5.85. The highest BCUT2D eigenvalue weighted by Crippen LogP contribution is 2.33. The number of nitrogens with zero attached hydrogens (tertiary/aromatic N) is 5. The minimum atomic E-state index is 0.110. The first-order chi connectivity index (χ1) is 16.8. The Kier molecular flexibility index (Phi) is 6.17. The SMILES string of the molecule is Cc1ccc2c3ccc(C(C)(C)C)cc3n(CCNCCOCn3cnc4c(N)ncnc43)c2c1. The number of benzene rings is 2. The van der Waals surface area contributed by atoms with E-state index in [0.29, 0.717) is 30.3 Å². The summed E-state index contributed by atoms with van der Waals surface area (Å²) in [5.41, 5.74) is 12.5. The van der Waals surface area contributed by atoms with Gasteiger partial charge < -0.3 is 20.4 Å². The van der Waals surface area contributed by atoms with E-state index in [1.807, 2.05) is 4.57 Å². The van der Waals surface area contributed by atoms with Gasteiger partial charge in [-0.3, -0.25) is 4.57 Å². The van der Waals surface area contributed by atoms with Gasteiger partial charge in [-0.05, 0) is 35.6 Å². The number of aromatic nitrogens is 5. The third kappa shape index (κ3) is 4.59. The van der Waals surface area contributed by atoms with Crippen molar-refractivity contribution in [1.82, 2.24) is 29.4 Å². The Morgan fingerprint density at radius 3 is 2.54 bits per heavy atom. The van der Waals surface area contributed by atoms with E-state index in [0.717, 1.165) is 19.6 Å². The highest BCUT2D eigenvalue weighted by Gasteiger charge is 2.17. The van der Waals surface area contributed by atoms with Crippen LogP contribution >= 0.6 is 0 Å². The molecule has 0 aliphatic rings. The number of nitrogens with one attached hydrogen (secondary N) is 1. The van der Waals surface area contributed by atoms with Crippen LogP contribution < -0.4 is 11.1 Å². The fourth-order valence-electron chi connectivity index (χ4n) is 4.53. The zero-order valence-electron chi connectivity index (χ0n) is 20.9. The third-order valence-electron chi connectivity index (χ3n) is 6.48. The molecule has 0 saturated carbocycles. The quantitative estimate of drug-likeness (QED) is 0.326. The zero-order chi connectivity index (χ0) is 24.6. The average molecular weight is 472 g/mol. The largest absolute Gasteiger partial charge is 0.382 e.